The van der Waals surface area contributed by atoms with Gasteiger partial charge in [0.25, 0.3) is 11.5 Å². The Labute approximate surface area is 143 Å². The summed E-state index contributed by atoms with van der Waals surface area (Å²) in [5.41, 5.74) is 4.73. The number of carbonyl (C=O) groups is 1. The minimum Gasteiger partial charge on any atom is -0.487 e. The molecule has 0 fully saturated rings. The SMILES string of the molecule is CC(C)COc1ccc(C(=O)Nc2c(N)cc[nH]c2=O)cc1[N+](=O)[O-]. The lowest BCUT2D eigenvalue weighted by Gasteiger charge is -2.10. The van der Waals surface area contributed by atoms with Crippen LogP contribution in [0.15, 0.2) is 35.3 Å². The van der Waals surface area contributed by atoms with Crippen molar-refractivity contribution in [1.29, 1.82) is 0 Å². The number of nitro benzene ring substituents is 1. The van der Waals surface area contributed by atoms with Gasteiger partial charge >= 0.3 is 5.69 Å². The third-order valence-electron chi connectivity index (χ3n) is 3.22. The first-order valence-electron chi connectivity index (χ1n) is 7.49. The van der Waals surface area contributed by atoms with Crippen molar-refractivity contribution in [2.45, 2.75) is 13.8 Å². The summed E-state index contributed by atoms with van der Waals surface area (Å²) < 4.78 is 5.40. The largest absolute Gasteiger partial charge is 0.487 e. The van der Waals surface area contributed by atoms with Crippen LogP contribution in [0.1, 0.15) is 24.2 Å². The average molecular weight is 346 g/mol. The molecule has 2 aromatic rings. The molecule has 9 heteroatoms. The number of aromatic amines is 1. The molecule has 0 spiro atoms. The molecule has 0 aliphatic rings. The molecule has 0 radical (unpaired) electrons. The van der Waals surface area contributed by atoms with E-state index < -0.39 is 16.4 Å². The van der Waals surface area contributed by atoms with Crippen molar-refractivity contribution in [3.05, 3.63) is 56.5 Å². The highest BCUT2D eigenvalue weighted by Gasteiger charge is 2.20. The predicted molar refractivity (Wildman–Crippen MR) is 92.9 cm³/mol. The molecule has 0 bridgehead atoms. The first-order chi connectivity index (χ1) is 11.8. The van der Waals surface area contributed by atoms with Crippen LogP contribution in [-0.4, -0.2) is 22.4 Å². The molecule has 0 aliphatic heterocycles. The van der Waals surface area contributed by atoms with E-state index in [4.69, 9.17) is 10.5 Å². The van der Waals surface area contributed by atoms with Crippen molar-refractivity contribution in [3.8, 4) is 5.75 Å². The average Bonchev–Trinajstić information content (AvgIpc) is 2.56. The molecule has 0 saturated heterocycles. The number of amides is 1. The maximum atomic E-state index is 12.3. The summed E-state index contributed by atoms with van der Waals surface area (Å²) >= 11 is 0. The summed E-state index contributed by atoms with van der Waals surface area (Å²) in [6, 6.07) is 5.25. The zero-order valence-corrected chi connectivity index (χ0v) is 13.7. The van der Waals surface area contributed by atoms with E-state index in [0.29, 0.717) is 6.61 Å². The van der Waals surface area contributed by atoms with E-state index in [1.165, 1.54) is 24.4 Å². The quantitative estimate of drug-likeness (QED) is 0.540. The number of pyridine rings is 1. The number of nitrogens with zero attached hydrogens (tertiary/aromatic N) is 1. The summed E-state index contributed by atoms with van der Waals surface area (Å²) in [5.74, 6) is -0.426. The van der Waals surface area contributed by atoms with Gasteiger partial charge in [-0.1, -0.05) is 13.8 Å². The van der Waals surface area contributed by atoms with Crippen molar-refractivity contribution in [3.63, 3.8) is 0 Å². The summed E-state index contributed by atoms with van der Waals surface area (Å²) in [4.78, 5) is 37.0. The number of anilines is 2. The summed E-state index contributed by atoms with van der Waals surface area (Å²) in [5, 5.41) is 13.6. The molecule has 1 heterocycles. The van der Waals surface area contributed by atoms with Crippen molar-refractivity contribution < 1.29 is 14.5 Å². The lowest BCUT2D eigenvalue weighted by Crippen LogP contribution is -2.21. The highest BCUT2D eigenvalue weighted by atomic mass is 16.6. The van der Waals surface area contributed by atoms with Gasteiger partial charge in [0.2, 0.25) is 0 Å². The van der Waals surface area contributed by atoms with Gasteiger partial charge in [-0.05, 0) is 24.1 Å². The van der Waals surface area contributed by atoms with Gasteiger partial charge in [0, 0.05) is 17.8 Å². The Kier molecular flexibility index (Phi) is 5.38. The molecule has 1 amide bonds. The monoisotopic (exact) mass is 346 g/mol. The summed E-state index contributed by atoms with van der Waals surface area (Å²) in [6.45, 7) is 4.13. The number of benzene rings is 1. The smallest absolute Gasteiger partial charge is 0.311 e. The van der Waals surface area contributed by atoms with Gasteiger partial charge in [-0.15, -0.1) is 0 Å². The number of nitrogens with one attached hydrogen (secondary N) is 2. The molecule has 132 valence electrons. The summed E-state index contributed by atoms with van der Waals surface area (Å²) in [6.07, 6.45) is 1.35. The lowest BCUT2D eigenvalue weighted by molar-refractivity contribution is -0.385. The van der Waals surface area contributed by atoms with E-state index >= 15 is 0 Å². The Bertz CT molecular complexity index is 860. The van der Waals surface area contributed by atoms with E-state index in [9.17, 15) is 19.7 Å². The van der Waals surface area contributed by atoms with Crippen LogP contribution in [0.25, 0.3) is 0 Å². The number of aromatic nitrogens is 1. The van der Waals surface area contributed by atoms with E-state index in [-0.39, 0.29) is 34.3 Å². The second-order valence-corrected chi connectivity index (χ2v) is 5.74. The number of hydrogen-bond donors (Lipinski definition) is 3. The van der Waals surface area contributed by atoms with Crippen LogP contribution in [0.4, 0.5) is 17.1 Å². The minimum atomic E-state index is -0.693. The van der Waals surface area contributed by atoms with Crippen LogP contribution in [0.3, 0.4) is 0 Å². The molecule has 0 saturated carbocycles. The van der Waals surface area contributed by atoms with E-state index in [2.05, 4.69) is 10.3 Å². The number of carbonyl (C=O) groups excluding carboxylic acids is 1. The van der Waals surface area contributed by atoms with Gasteiger partial charge in [-0.2, -0.15) is 0 Å². The lowest BCUT2D eigenvalue weighted by atomic mass is 10.1. The Morgan fingerprint density at radius 2 is 2.12 bits per heavy atom. The number of hydrogen-bond acceptors (Lipinski definition) is 6. The molecule has 1 aromatic heterocycles. The molecule has 2 rings (SSSR count). The van der Waals surface area contributed by atoms with Crippen LogP contribution in [-0.2, 0) is 0 Å². The molecule has 4 N–H and O–H groups in total. The molecule has 1 aromatic carbocycles. The van der Waals surface area contributed by atoms with Crippen molar-refractivity contribution in [2.75, 3.05) is 17.7 Å². The van der Waals surface area contributed by atoms with Gasteiger partial charge < -0.3 is 20.8 Å². The first kappa shape index (κ1) is 18.0. The fraction of sp³-hybridized carbons (Fsp3) is 0.250. The number of nitro groups is 1. The Hall–Kier alpha value is -3.36. The third kappa shape index (κ3) is 4.34. The normalized spacial score (nSPS) is 10.5. The zero-order valence-electron chi connectivity index (χ0n) is 13.7. The van der Waals surface area contributed by atoms with Crippen LogP contribution in [0, 0.1) is 16.0 Å². The topological polar surface area (TPSA) is 140 Å². The van der Waals surface area contributed by atoms with Crippen LogP contribution < -0.4 is 21.3 Å². The van der Waals surface area contributed by atoms with E-state index in [1.54, 1.807) is 0 Å². The number of rotatable bonds is 6. The predicted octanol–water partition coefficient (Wildman–Crippen LogP) is 2.15. The molecule has 9 nitrogen and oxygen atoms in total. The fourth-order valence-corrected chi connectivity index (χ4v) is 1.99. The minimum absolute atomic E-state index is 0.00579. The number of nitrogen functional groups attached to an aromatic ring is 1. The summed E-state index contributed by atoms with van der Waals surface area (Å²) in [7, 11) is 0. The molecular formula is C16H18N4O5. The highest BCUT2D eigenvalue weighted by molar-refractivity contribution is 6.06. The molecular weight excluding hydrogens is 328 g/mol. The van der Waals surface area contributed by atoms with Crippen molar-refractivity contribution in [1.82, 2.24) is 4.98 Å². The molecule has 25 heavy (non-hydrogen) atoms. The maximum absolute atomic E-state index is 12.3. The molecule has 0 atom stereocenters. The van der Waals surface area contributed by atoms with Crippen LogP contribution in [0.2, 0.25) is 0 Å². The number of H-pyrrole nitrogens is 1. The van der Waals surface area contributed by atoms with Crippen molar-refractivity contribution in [2.24, 2.45) is 5.92 Å². The number of ether oxygens (including phenoxy) is 1. The number of nitrogens with two attached hydrogens (primary N) is 1. The standard InChI is InChI=1S/C16H18N4O5/c1-9(2)8-25-13-4-3-10(7-12(13)20(23)24)15(21)19-14-11(17)5-6-18-16(14)22/h3-7,9H,8H2,1-2H3,(H,19,21)(H3,17,18,22). The second-order valence-electron chi connectivity index (χ2n) is 5.74. The van der Waals surface area contributed by atoms with Crippen molar-refractivity contribution >= 4 is 23.0 Å². The Morgan fingerprint density at radius 1 is 1.40 bits per heavy atom. The van der Waals surface area contributed by atoms with E-state index in [1.807, 2.05) is 13.8 Å². The van der Waals surface area contributed by atoms with Gasteiger partial charge in [0.1, 0.15) is 5.69 Å². The van der Waals surface area contributed by atoms with Gasteiger partial charge in [0.05, 0.1) is 17.2 Å². The molecule has 0 aliphatic carbocycles. The van der Waals surface area contributed by atoms with Gasteiger partial charge in [0.15, 0.2) is 5.75 Å². The molecule has 0 unspecified atom stereocenters. The third-order valence-corrected chi connectivity index (χ3v) is 3.22. The Morgan fingerprint density at radius 3 is 2.72 bits per heavy atom. The second kappa shape index (κ2) is 7.47. The van der Waals surface area contributed by atoms with Crippen LogP contribution >= 0.6 is 0 Å². The van der Waals surface area contributed by atoms with Crippen LogP contribution in [0.5, 0.6) is 5.75 Å². The fourth-order valence-electron chi connectivity index (χ4n) is 1.99. The van der Waals surface area contributed by atoms with E-state index in [0.717, 1.165) is 6.07 Å². The highest BCUT2D eigenvalue weighted by Crippen LogP contribution is 2.28. The maximum Gasteiger partial charge on any atom is 0.311 e. The zero-order chi connectivity index (χ0) is 18.6. The Balaban J connectivity index is 2.30. The van der Waals surface area contributed by atoms with Gasteiger partial charge in [-0.3, -0.25) is 19.7 Å². The first-order valence-corrected chi connectivity index (χ1v) is 7.49. The van der Waals surface area contributed by atoms with Gasteiger partial charge in [-0.25, -0.2) is 0 Å².